The van der Waals surface area contributed by atoms with Gasteiger partial charge in [-0.15, -0.1) is 0 Å². The SMILES string of the molecule is Cc1cc(/C=C(/C#N)C(=O)N2CCc3ccccc32)c(C)n1C[C@H]1CCCO1. The predicted octanol–water partition coefficient (Wildman–Crippen LogP) is 3.78. The molecule has 0 unspecified atom stereocenters. The number of hydrogen-bond acceptors (Lipinski definition) is 3. The van der Waals surface area contributed by atoms with Crippen LogP contribution in [0.1, 0.15) is 35.4 Å². The number of fused-ring (bicyclic) bond motifs is 1. The Labute approximate surface area is 165 Å². The summed E-state index contributed by atoms with van der Waals surface area (Å²) in [5, 5.41) is 9.67. The molecular weight excluding hydrogens is 350 g/mol. The first kappa shape index (κ1) is 18.5. The topological polar surface area (TPSA) is 58.3 Å². The number of para-hydroxylation sites is 1. The molecule has 5 heteroatoms. The van der Waals surface area contributed by atoms with Gasteiger partial charge in [0.15, 0.2) is 0 Å². The van der Waals surface area contributed by atoms with E-state index >= 15 is 0 Å². The van der Waals surface area contributed by atoms with Gasteiger partial charge in [0, 0.05) is 36.8 Å². The molecule has 2 aliphatic heterocycles. The van der Waals surface area contributed by atoms with Crippen LogP contribution in [-0.2, 0) is 22.5 Å². The Bertz CT molecular complexity index is 974. The number of rotatable bonds is 4. The average Bonchev–Trinajstić information content (AvgIpc) is 3.42. The Kier molecular flexibility index (Phi) is 5.06. The number of carbonyl (C=O) groups excluding carboxylic acids is 1. The zero-order valence-corrected chi connectivity index (χ0v) is 16.4. The number of nitrogens with zero attached hydrogens (tertiary/aromatic N) is 3. The molecule has 1 atom stereocenters. The van der Waals surface area contributed by atoms with Crippen molar-refractivity contribution in [1.82, 2.24) is 4.57 Å². The van der Waals surface area contributed by atoms with Gasteiger partial charge in [0.2, 0.25) is 0 Å². The van der Waals surface area contributed by atoms with Crippen LogP contribution in [0.2, 0.25) is 0 Å². The Morgan fingerprint density at radius 3 is 2.93 bits per heavy atom. The second-order valence-electron chi connectivity index (χ2n) is 7.58. The largest absolute Gasteiger partial charge is 0.376 e. The number of nitriles is 1. The average molecular weight is 375 g/mol. The summed E-state index contributed by atoms with van der Waals surface area (Å²) >= 11 is 0. The standard InChI is InChI=1S/C23H25N3O2/c1-16-12-19(17(2)26(16)15-21-7-5-11-28-21)13-20(14-24)23(27)25-10-9-18-6-3-4-8-22(18)25/h3-4,6,8,12-13,21H,5,7,9-11,15H2,1-2H3/b20-13-/t21-/m1/s1. The molecule has 0 spiro atoms. The zero-order chi connectivity index (χ0) is 19.7. The number of ether oxygens (including phenoxy) is 1. The van der Waals surface area contributed by atoms with E-state index in [0.29, 0.717) is 6.54 Å². The molecular formula is C23H25N3O2. The Morgan fingerprint density at radius 2 is 2.18 bits per heavy atom. The Hall–Kier alpha value is -2.84. The number of anilines is 1. The summed E-state index contributed by atoms with van der Waals surface area (Å²) in [5.41, 5.74) is 5.35. The molecule has 144 valence electrons. The summed E-state index contributed by atoms with van der Waals surface area (Å²) in [6.07, 6.45) is 5.01. The van der Waals surface area contributed by atoms with Gasteiger partial charge in [0.05, 0.1) is 6.10 Å². The molecule has 2 aromatic rings. The van der Waals surface area contributed by atoms with E-state index in [1.807, 2.05) is 37.3 Å². The lowest BCUT2D eigenvalue weighted by Gasteiger charge is -2.16. The molecule has 0 N–H and O–H groups in total. The number of aromatic nitrogens is 1. The Balaban J connectivity index is 1.60. The van der Waals surface area contributed by atoms with Crippen molar-refractivity contribution in [2.45, 2.75) is 45.8 Å². The van der Waals surface area contributed by atoms with E-state index in [1.54, 1.807) is 11.0 Å². The number of benzene rings is 1. The molecule has 4 rings (SSSR count). The van der Waals surface area contributed by atoms with Crippen molar-refractivity contribution in [2.24, 2.45) is 0 Å². The number of amides is 1. The molecule has 1 saturated heterocycles. The highest BCUT2D eigenvalue weighted by Crippen LogP contribution is 2.29. The number of carbonyl (C=O) groups is 1. The molecule has 1 aromatic carbocycles. The third-order valence-corrected chi connectivity index (χ3v) is 5.81. The first-order chi connectivity index (χ1) is 13.6. The van der Waals surface area contributed by atoms with Gasteiger partial charge in [-0.25, -0.2) is 0 Å². The summed E-state index contributed by atoms with van der Waals surface area (Å²) in [5.74, 6) is -0.226. The highest BCUT2D eigenvalue weighted by molar-refractivity contribution is 6.12. The van der Waals surface area contributed by atoms with Gasteiger partial charge in [0.25, 0.3) is 5.91 Å². The van der Waals surface area contributed by atoms with Gasteiger partial charge in [-0.1, -0.05) is 18.2 Å². The first-order valence-corrected chi connectivity index (χ1v) is 9.88. The van der Waals surface area contributed by atoms with Crippen LogP contribution in [0.3, 0.4) is 0 Å². The monoisotopic (exact) mass is 375 g/mol. The summed E-state index contributed by atoms with van der Waals surface area (Å²) < 4.78 is 8.00. The van der Waals surface area contributed by atoms with Crippen LogP contribution in [-0.4, -0.2) is 29.7 Å². The third-order valence-electron chi connectivity index (χ3n) is 5.81. The van der Waals surface area contributed by atoms with Crippen LogP contribution >= 0.6 is 0 Å². The van der Waals surface area contributed by atoms with Crippen LogP contribution < -0.4 is 4.90 Å². The minimum atomic E-state index is -0.226. The second kappa shape index (κ2) is 7.65. The summed E-state index contributed by atoms with van der Waals surface area (Å²) in [7, 11) is 0. The van der Waals surface area contributed by atoms with E-state index in [1.165, 1.54) is 0 Å². The smallest absolute Gasteiger partial charge is 0.268 e. The zero-order valence-electron chi connectivity index (χ0n) is 16.4. The minimum Gasteiger partial charge on any atom is -0.376 e. The van der Waals surface area contributed by atoms with Crippen LogP contribution in [0.4, 0.5) is 5.69 Å². The lowest BCUT2D eigenvalue weighted by molar-refractivity contribution is -0.114. The second-order valence-corrected chi connectivity index (χ2v) is 7.58. The highest BCUT2D eigenvalue weighted by Gasteiger charge is 2.27. The first-order valence-electron chi connectivity index (χ1n) is 9.88. The van der Waals surface area contributed by atoms with Gasteiger partial charge < -0.3 is 14.2 Å². The fourth-order valence-corrected chi connectivity index (χ4v) is 4.24. The summed E-state index contributed by atoms with van der Waals surface area (Å²) in [6.45, 7) is 6.37. The molecule has 0 radical (unpaired) electrons. The molecule has 1 amide bonds. The molecule has 0 aliphatic carbocycles. The summed E-state index contributed by atoms with van der Waals surface area (Å²) in [6, 6.07) is 12.1. The van der Waals surface area contributed by atoms with Crippen molar-refractivity contribution >= 4 is 17.7 Å². The van der Waals surface area contributed by atoms with Crippen LogP contribution in [0.25, 0.3) is 6.08 Å². The van der Waals surface area contributed by atoms with E-state index in [2.05, 4.69) is 17.6 Å². The van der Waals surface area contributed by atoms with E-state index < -0.39 is 0 Å². The van der Waals surface area contributed by atoms with Gasteiger partial charge in [-0.3, -0.25) is 4.79 Å². The lowest BCUT2D eigenvalue weighted by atomic mass is 10.1. The number of hydrogen-bond donors (Lipinski definition) is 0. The van der Waals surface area contributed by atoms with Crippen molar-refractivity contribution in [3.8, 4) is 6.07 Å². The maximum absolute atomic E-state index is 13.0. The molecule has 28 heavy (non-hydrogen) atoms. The quantitative estimate of drug-likeness (QED) is 0.604. The minimum absolute atomic E-state index is 0.175. The van der Waals surface area contributed by atoms with Crippen molar-refractivity contribution in [3.63, 3.8) is 0 Å². The fraction of sp³-hybridized carbons (Fsp3) is 0.391. The van der Waals surface area contributed by atoms with E-state index in [4.69, 9.17) is 4.74 Å². The molecule has 0 bridgehead atoms. The van der Waals surface area contributed by atoms with Gasteiger partial charge in [-0.2, -0.15) is 5.26 Å². The molecule has 3 heterocycles. The van der Waals surface area contributed by atoms with Crippen molar-refractivity contribution in [3.05, 3.63) is 58.4 Å². The van der Waals surface area contributed by atoms with E-state index in [-0.39, 0.29) is 17.6 Å². The third kappa shape index (κ3) is 3.36. The molecule has 2 aliphatic rings. The van der Waals surface area contributed by atoms with Crippen molar-refractivity contribution in [1.29, 1.82) is 5.26 Å². The summed E-state index contributed by atoms with van der Waals surface area (Å²) in [4.78, 5) is 14.8. The maximum atomic E-state index is 13.0. The Morgan fingerprint density at radius 1 is 1.36 bits per heavy atom. The highest BCUT2D eigenvalue weighted by atomic mass is 16.5. The van der Waals surface area contributed by atoms with E-state index in [9.17, 15) is 10.1 Å². The fourth-order valence-electron chi connectivity index (χ4n) is 4.24. The lowest BCUT2D eigenvalue weighted by Crippen LogP contribution is -2.29. The molecule has 1 aromatic heterocycles. The normalized spacial score (nSPS) is 19.0. The molecule has 0 saturated carbocycles. The molecule has 1 fully saturated rings. The van der Waals surface area contributed by atoms with E-state index in [0.717, 1.165) is 60.6 Å². The van der Waals surface area contributed by atoms with Crippen LogP contribution in [0.5, 0.6) is 0 Å². The predicted molar refractivity (Wildman–Crippen MR) is 109 cm³/mol. The van der Waals surface area contributed by atoms with Crippen LogP contribution in [0.15, 0.2) is 35.9 Å². The van der Waals surface area contributed by atoms with Crippen LogP contribution in [0, 0.1) is 25.2 Å². The maximum Gasteiger partial charge on any atom is 0.268 e. The van der Waals surface area contributed by atoms with Gasteiger partial charge >= 0.3 is 0 Å². The van der Waals surface area contributed by atoms with Crippen molar-refractivity contribution in [2.75, 3.05) is 18.1 Å². The van der Waals surface area contributed by atoms with Gasteiger partial charge in [-0.05, 0) is 62.4 Å². The molecule has 5 nitrogen and oxygen atoms in total. The van der Waals surface area contributed by atoms with Crippen molar-refractivity contribution < 1.29 is 9.53 Å². The number of aryl methyl sites for hydroxylation is 1. The van der Waals surface area contributed by atoms with Gasteiger partial charge in [0.1, 0.15) is 11.6 Å².